The van der Waals surface area contributed by atoms with Gasteiger partial charge < -0.3 is 34.3 Å². The number of hydrogen-bond acceptors (Lipinski definition) is 12. The molecular weight excluding hydrogens is 865 g/mol. The summed E-state index contributed by atoms with van der Waals surface area (Å²) in [5, 5.41) is 9.08. The third-order valence-corrected chi connectivity index (χ3v) is 12.2. The molecule has 0 spiro atoms. The number of ether oxygens (including phenoxy) is 5. The molecule has 1 aliphatic carbocycles. The van der Waals surface area contributed by atoms with Crippen LogP contribution in [0.1, 0.15) is 77.6 Å². The van der Waals surface area contributed by atoms with Crippen molar-refractivity contribution in [1.82, 2.24) is 20.5 Å². The minimum Gasteiger partial charge on any atom is -0.490 e. The van der Waals surface area contributed by atoms with Crippen LogP contribution in [0.15, 0.2) is 66.9 Å². The predicted molar refractivity (Wildman–Crippen MR) is 235 cm³/mol. The van der Waals surface area contributed by atoms with E-state index in [0.717, 1.165) is 47.0 Å². The van der Waals surface area contributed by atoms with Crippen molar-refractivity contribution in [2.24, 2.45) is 11.8 Å². The zero-order valence-electron chi connectivity index (χ0n) is 35.9. The Morgan fingerprint density at radius 1 is 0.846 bits per heavy atom. The van der Waals surface area contributed by atoms with Gasteiger partial charge in [0, 0.05) is 42.2 Å². The molecule has 1 saturated carbocycles. The number of nitrogens with one attached hydrogen (secondary N) is 3. The van der Waals surface area contributed by atoms with Gasteiger partial charge in [0.15, 0.2) is 6.61 Å². The number of hydrogen-bond donors (Lipinski definition) is 3. The maximum absolute atomic E-state index is 14.0. The second-order valence-corrected chi connectivity index (χ2v) is 16.5. The van der Waals surface area contributed by atoms with Gasteiger partial charge in [-0.3, -0.25) is 44.0 Å². The summed E-state index contributed by atoms with van der Waals surface area (Å²) >= 11 is 6.38. The molecule has 3 aromatic carbocycles. The van der Waals surface area contributed by atoms with Crippen molar-refractivity contribution < 1.29 is 56.8 Å². The fourth-order valence-electron chi connectivity index (χ4n) is 8.40. The third kappa shape index (κ3) is 11.8. The normalized spacial score (nSPS) is 18.9. The van der Waals surface area contributed by atoms with Crippen molar-refractivity contribution in [2.45, 2.75) is 57.4 Å². The molecule has 3 aliphatic rings. The second-order valence-electron chi connectivity index (χ2n) is 16.0. The summed E-state index contributed by atoms with van der Waals surface area (Å²) in [6.07, 6.45) is 5.42. The topological polar surface area (TPSA) is 201 Å². The van der Waals surface area contributed by atoms with Crippen LogP contribution in [0.2, 0.25) is 5.02 Å². The van der Waals surface area contributed by atoms with Crippen molar-refractivity contribution in [3.05, 3.63) is 94.4 Å². The van der Waals surface area contributed by atoms with Crippen LogP contribution in [-0.4, -0.2) is 111 Å². The summed E-state index contributed by atoms with van der Waals surface area (Å²) < 4.78 is 42.1. The number of halogens is 2. The summed E-state index contributed by atoms with van der Waals surface area (Å²) in [5.74, 6) is -2.64. The number of pyridine rings is 1. The minimum absolute atomic E-state index is 0.00000941. The van der Waals surface area contributed by atoms with Crippen LogP contribution in [0.5, 0.6) is 11.5 Å². The minimum atomic E-state index is -1.11. The molecule has 2 aliphatic heterocycles. The Balaban J connectivity index is 0.713. The molecule has 4 aromatic rings. The van der Waals surface area contributed by atoms with Gasteiger partial charge in [0.25, 0.3) is 17.7 Å². The van der Waals surface area contributed by atoms with Gasteiger partial charge in [-0.15, -0.1) is 0 Å². The molecule has 1 aromatic heterocycles. The fourth-order valence-corrected chi connectivity index (χ4v) is 8.57. The number of anilines is 1. The van der Waals surface area contributed by atoms with Gasteiger partial charge in [0.1, 0.15) is 30.0 Å². The maximum atomic E-state index is 14.0. The molecule has 16 nitrogen and oxygen atoms in total. The van der Waals surface area contributed by atoms with Crippen LogP contribution < -0.4 is 25.4 Å². The van der Waals surface area contributed by atoms with Crippen LogP contribution in [0.4, 0.5) is 10.1 Å². The SMILES string of the molecule is C[C@@H](C(=O)Nc1ccc(Cl)c(OCCOCCOCCOCCNC(=O)COc2cccc3c2C(=O)N(C2CCC(=O)NC2=O)C3=O)c1)[C@H]1CC[C@@H](c2ccnc3ccc(F)cc32)CC1. The molecule has 18 heteroatoms. The molecule has 65 heavy (non-hydrogen) atoms. The first kappa shape index (κ1) is 47.0. The van der Waals surface area contributed by atoms with E-state index in [2.05, 4.69) is 20.9 Å². The van der Waals surface area contributed by atoms with E-state index in [-0.39, 0.29) is 86.3 Å². The van der Waals surface area contributed by atoms with Crippen LogP contribution in [0.3, 0.4) is 0 Å². The lowest BCUT2D eigenvalue weighted by Crippen LogP contribution is -2.54. The Hall–Kier alpha value is -6.01. The lowest BCUT2D eigenvalue weighted by atomic mass is 9.73. The zero-order chi connectivity index (χ0) is 45.9. The Morgan fingerprint density at radius 3 is 2.34 bits per heavy atom. The lowest BCUT2D eigenvalue weighted by Gasteiger charge is -2.32. The van der Waals surface area contributed by atoms with E-state index in [9.17, 15) is 33.2 Å². The quantitative estimate of drug-likeness (QED) is 0.0692. The third-order valence-electron chi connectivity index (χ3n) is 11.9. The van der Waals surface area contributed by atoms with E-state index in [1.807, 2.05) is 13.0 Å². The largest absolute Gasteiger partial charge is 0.490 e. The molecule has 1 saturated heterocycles. The van der Waals surface area contributed by atoms with Crippen molar-refractivity contribution in [3.8, 4) is 11.5 Å². The van der Waals surface area contributed by atoms with Crippen molar-refractivity contribution in [1.29, 1.82) is 0 Å². The predicted octanol–water partition coefficient (Wildman–Crippen LogP) is 5.60. The molecule has 3 heterocycles. The van der Waals surface area contributed by atoms with Crippen LogP contribution >= 0.6 is 11.6 Å². The van der Waals surface area contributed by atoms with Gasteiger partial charge in [-0.2, -0.15) is 0 Å². The molecule has 344 valence electrons. The number of carbonyl (C=O) groups excluding carboxylic acids is 6. The molecule has 0 radical (unpaired) electrons. The number of aromatic nitrogens is 1. The first-order chi connectivity index (χ1) is 31.5. The smallest absolute Gasteiger partial charge is 0.266 e. The number of carbonyl (C=O) groups is 6. The molecule has 0 bridgehead atoms. The van der Waals surface area contributed by atoms with Gasteiger partial charge in [0.05, 0.1) is 61.3 Å². The van der Waals surface area contributed by atoms with Gasteiger partial charge in [-0.25, -0.2) is 4.39 Å². The van der Waals surface area contributed by atoms with Gasteiger partial charge in [0.2, 0.25) is 17.7 Å². The Labute approximate surface area is 379 Å². The molecular formula is C47H51ClFN5O11. The Bertz CT molecular complexity index is 2410. The monoisotopic (exact) mass is 915 g/mol. The zero-order valence-corrected chi connectivity index (χ0v) is 36.7. The second kappa shape index (κ2) is 22.3. The van der Waals surface area contributed by atoms with Crippen LogP contribution in [0.25, 0.3) is 10.9 Å². The van der Waals surface area contributed by atoms with E-state index in [0.29, 0.717) is 42.2 Å². The number of imide groups is 2. The van der Waals surface area contributed by atoms with E-state index >= 15 is 0 Å². The fraction of sp³-hybridized carbons (Fsp3) is 0.426. The summed E-state index contributed by atoms with van der Waals surface area (Å²) in [6.45, 7) is 3.66. The average molecular weight is 916 g/mol. The number of nitrogens with zero attached hydrogens (tertiary/aromatic N) is 2. The molecule has 7 rings (SSSR count). The van der Waals surface area contributed by atoms with Crippen LogP contribution in [0, 0.1) is 17.7 Å². The molecule has 2 fully saturated rings. The highest BCUT2D eigenvalue weighted by Crippen LogP contribution is 2.41. The number of amides is 6. The van der Waals surface area contributed by atoms with Crippen molar-refractivity contribution in [3.63, 3.8) is 0 Å². The Kier molecular flexibility index (Phi) is 16.1. The maximum Gasteiger partial charge on any atom is 0.266 e. The van der Waals surface area contributed by atoms with Crippen molar-refractivity contribution >= 4 is 63.6 Å². The lowest BCUT2D eigenvalue weighted by molar-refractivity contribution is -0.136. The number of fused-ring (bicyclic) bond motifs is 2. The summed E-state index contributed by atoms with van der Waals surface area (Å²) in [5.41, 5.74) is 2.50. The van der Waals surface area contributed by atoms with E-state index in [1.54, 1.807) is 36.5 Å². The number of benzene rings is 3. The highest BCUT2D eigenvalue weighted by molar-refractivity contribution is 6.32. The first-order valence-corrected chi connectivity index (χ1v) is 22.1. The molecule has 1 unspecified atom stereocenters. The Morgan fingerprint density at radius 2 is 1.58 bits per heavy atom. The van der Waals surface area contributed by atoms with Gasteiger partial charge in [-0.1, -0.05) is 24.6 Å². The van der Waals surface area contributed by atoms with E-state index < -0.39 is 42.2 Å². The number of rotatable bonds is 21. The van der Waals surface area contributed by atoms with Gasteiger partial charge in [-0.05, 0) is 98.0 Å². The van der Waals surface area contributed by atoms with E-state index in [4.69, 9.17) is 35.3 Å². The highest BCUT2D eigenvalue weighted by atomic mass is 35.5. The highest BCUT2D eigenvalue weighted by Gasteiger charge is 2.46. The average Bonchev–Trinajstić information content (AvgIpc) is 3.56. The van der Waals surface area contributed by atoms with Crippen molar-refractivity contribution in [2.75, 3.05) is 64.7 Å². The van der Waals surface area contributed by atoms with E-state index in [1.165, 1.54) is 24.3 Å². The molecule has 2 atom stereocenters. The standard InChI is InChI=1S/C47H51ClFN5O11/c1-28(29-5-7-30(8-6-29)33-15-16-50-37-12-9-31(49)25-35(33)37)44(57)52-32-10-11-36(48)40(26-32)64-24-23-63-22-21-62-20-19-61-18-17-51-42(56)27-65-39-4-2-3-34-43(39)47(60)54(46(34)59)38-13-14-41(55)53-45(38)58/h2-4,9-12,15-16,25-26,28-30,38H,5-8,13-14,17-24,27H2,1H3,(H,51,56)(H,52,57)(H,53,55,58)/t28-,29-,30+,38?/m1/s1. The van der Waals surface area contributed by atoms with Gasteiger partial charge >= 0.3 is 0 Å². The first-order valence-electron chi connectivity index (χ1n) is 21.7. The van der Waals surface area contributed by atoms with Crippen LogP contribution in [-0.2, 0) is 33.4 Å². The summed E-state index contributed by atoms with van der Waals surface area (Å²) in [7, 11) is 0. The molecule has 3 N–H and O–H groups in total. The molecule has 6 amide bonds. The summed E-state index contributed by atoms with van der Waals surface area (Å²) in [6, 6.07) is 15.1. The summed E-state index contributed by atoms with van der Waals surface area (Å²) in [4.78, 5) is 81.0. The number of piperidine rings is 1.